The largest absolute Gasteiger partial charge is 0.478 e. The molecule has 116 valence electrons. The first kappa shape index (κ1) is 15.8. The highest BCUT2D eigenvalue weighted by atomic mass is 16.5. The summed E-state index contributed by atoms with van der Waals surface area (Å²) < 4.78 is 5.03. The molecule has 0 saturated carbocycles. The van der Waals surface area contributed by atoms with E-state index in [4.69, 9.17) is 9.63 Å². The third-order valence-corrected chi connectivity index (χ3v) is 3.51. The summed E-state index contributed by atoms with van der Waals surface area (Å²) in [4.78, 5) is 23.0. The van der Waals surface area contributed by atoms with E-state index in [2.05, 4.69) is 10.5 Å². The van der Waals surface area contributed by atoms with Crippen LogP contribution < -0.4 is 5.32 Å². The van der Waals surface area contributed by atoms with Crippen LogP contribution in [0.3, 0.4) is 0 Å². The van der Waals surface area contributed by atoms with Gasteiger partial charge in [-0.15, -0.1) is 0 Å². The van der Waals surface area contributed by atoms with Crippen molar-refractivity contribution in [3.63, 3.8) is 0 Å². The number of carbonyl (C=O) groups excluding carboxylic acids is 1. The maximum atomic E-state index is 11.9. The number of carboxylic acid groups (broad SMARTS) is 1. The van der Waals surface area contributed by atoms with Gasteiger partial charge in [-0.3, -0.25) is 4.79 Å². The van der Waals surface area contributed by atoms with Crippen LogP contribution in [0.5, 0.6) is 0 Å². The number of nitrogens with one attached hydrogen (secondary N) is 1. The number of hydrogen-bond acceptors (Lipinski definition) is 4. The van der Waals surface area contributed by atoms with E-state index in [1.807, 2.05) is 6.92 Å². The first-order valence-corrected chi connectivity index (χ1v) is 6.98. The van der Waals surface area contributed by atoms with Crippen molar-refractivity contribution < 1.29 is 19.2 Å². The second-order valence-electron chi connectivity index (χ2n) is 5.04. The van der Waals surface area contributed by atoms with Crippen LogP contribution in [0.2, 0.25) is 0 Å². The third-order valence-electron chi connectivity index (χ3n) is 3.51. The van der Waals surface area contributed by atoms with Crippen LogP contribution in [-0.2, 0) is 17.8 Å². The Hall–Kier alpha value is -2.63. The monoisotopic (exact) mass is 302 g/mol. The van der Waals surface area contributed by atoms with Gasteiger partial charge in [-0.1, -0.05) is 23.4 Å². The average molecular weight is 302 g/mol. The maximum absolute atomic E-state index is 11.9. The molecule has 0 aliphatic heterocycles. The predicted octanol–water partition coefficient (Wildman–Crippen LogP) is 2.24. The molecule has 0 fully saturated rings. The standard InChI is InChI=1S/C16H18N2O4/c1-10-14(11(2)22-18-10)9-17-15(19)8-7-12-5-3-4-6-13(12)16(20)21/h3-6H,7-9H2,1-2H3,(H,17,19)(H,20,21). The molecule has 22 heavy (non-hydrogen) atoms. The van der Waals surface area contributed by atoms with Gasteiger partial charge < -0.3 is 14.9 Å². The van der Waals surface area contributed by atoms with Gasteiger partial charge in [0.1, 0.15) is 5.76 Å². The highest BCUT2D eigenvalue weighted by Gasteiger charge is 2.12. The SMILES string of the molecule is Cc1noc(C)c1CNC(=O)CCc1ccccc1C(=O)O. The smallest absolute Gasteiger partial charge is 0.335 e. The average Bonchev–Trinajstić information content (AvgIpc) is 2.82. The van der Waals surface area contributed by atoms with Crippen molar-refractivity contribution in [1.82, 2.24) is 10.5 Å². The molecule has 2 rings (SSSR count). The van der Waals surface area contributed by atoms with Gasteiger partial charge in [0.2, 0.25) is 5.91 Å². The number of aryl methyl sites for hydroxylation is 3. The van der Waals surface area contributed by atoms with E-state index in [0.29, 0.717) is 24.3 Å². The molecule has 2 N–H and O–H groups in total. The molecule has 0 radical (unpaired) electrons. The molecule has 1 aromatic carbocycles. The van der Waals surface area contributed by atoms with Gasteiger partial charge in [-0.2, -0.15) is 0 Å². The Bertz CT molecular complexity index is 672. The zero-order valence-corrected chi connectivity index (χ0v) is 12.5. The Labute approximate surface area is 128 Å². The number of carboxylic acids is 1. The Kier molecular flexibility index (Phi) is 4.93. The van der Waals surface area contributed by atoms with Crippen molar-refractivity contribution in [2.24, 2.45) is 0 Å². The van der Waals surface area contributed by atoms with Crippen LogP contribution in [0, 0.1) is 13.8 Å². The summed E-state index contributed by atoms with van der Waals surface area (Å²) in [6.45, 7) is 3.98. The Morgan fingerprint density at radius 3 is 2.64 bits per heavy atom. The molecule has 1 heterocycles. The molecule has 6 nitrogen and oxygen atoms in total. The normalized spacial score (nSPS) is 10.5. The quantitative estimate of drug-likeness (QED) is 0.853. The minimum Gasteiger partial charge on any atom is -0.478 e. The number of benzene rings is 1. The van der Waals surface area contributed by atoms with Gasteiger partial charge in [-0.25, -0.2) is 4.79 Å². The van der Waals surface area contributed by atoms with Crippen molar-refractivity contribution in [3.05, 3.63) is 52.4 Å². The molecule has 2 aromatic rings. The second-order valence-corrected chi connectivity index (χ2v) is 5.04. The molecule has 0 saturated heterocycles. The summed E-state index contributed by atoms with van der Waals surface area (Å²) in [7, 11) is 0. The number of amides is 1. The fourth-order valence-corrected chi connectivity index (χ4v) is 2.22. The van der Waals surface area contributed by atoms with E-state index in [1.165, 1.54) is 0 Å². The molecular weight excluding hydrogens is 284 g/mol. The Morgan fingerprint density at radius 2 is 2.00 bits per heavy atom. The molecule has 6 heteroatoms. The van der Waals surface area contributed by atoms with E-state index in [0.717, 1.165) is 11.3 Å². The summed E-state index contributed by atoms with van der Waals surface area (Å²) in [5.74, 6) is -0.430. The van der Waals surface area contributed by atoms with Crippen LogP contribution in [0.1, 0.15) is 39.4 Å². The van der Waals surface area contributed by atoms with Gasteiger partial charge in [0, 0.05) is 18.5 Å². The van der Waals surface area contributed by atoms with Crippen LogP contribution in [0.15, 0.2) is 28.8 Å². The van der Waals surface area contributed by atoms with Crippen molar-refractivity contribution in [1.29, 1.82) is 0 Å². The molecule has 0 bridgehead atoms. The molecule has 0 unspecified atom stereocenters. The van der Waals surface area contributed by atoms with Gasteiger partial charge in [0.05, 0.1) is 11.3 Å². The summed E-state index contributed by atoms with van der Waals surface area (Å²) in [6.07, 6.45) is 0.615. The van der Waals surface area contributed by atoms with Crippen molar-refractivity contribution in [3.8, 4) is 0 Å². The van der Waals surface area contributed by atoms with Crippen LogP contribution in [0.4, 0.5) is 0 Å². The van der Waals surface area contributed by atoms with Crippen molar-refractivity contribution >= 4 is 11.9 Å². The van der Waals surface area contributed by atoms with E-state index in [9.17, 15) is 9.59 Å². The van der Waals surface area contributed by atoms with Gasteiger partial charge in [-0.05, 0) is 31.9 Å². The van der Waals surface area contributed by atoms with Gasteiger partial charge in [0.15, 0.2) is 0 Å². The van der Waals surface area contributed by atoms with E-state index in [-0.39, 0.29) is 17.9 Å². The molecular formula is C16H18N2O4. The number of aromatic carboxylic acids is 1. The lowest BCUT2D eigenvalue weighted by Gasteiger charge is -2.07. The lowest BCUT2D eigenvalue weighted by atomic mass is 10.0. The van der Waals surface area contributed by atoms with Gasteiger partial charge in [0.25, 0.3) is 0 Å². The lowest BCUT2D eigenvalue weighted by Crippen LogP contribution is -2.23. The summed E-state index contributed by atoms with van der Waals surface area (Å²) in [5.41, 5.74) is 2.52. The second kappa shape index (κ2) is 6.89. The zero-order chi connectivity index (χ0) is 16.1. The number of hydrogen-bond donors (Lipinski definition) is 2. The molecule has 1 aromatic heterocycles. The fourth-order valence-electron chi connectivity index (χ4n) is 2.22. The summed E-state index contributed by atoms with van der Waals surface area (Å²) in [6, 6.07) is 6.71. The number of carbonyl (C=O) groups is 2. The van der Waals surface area contributed by atoms with E-state index >= 15 is 0 Å². The summed E-state index contributed by atoms with van der Waals surface area (Å²) in [5, 5.41) is 15.7. The maximum Gasteiger partial charge on any atom is 0.335 e. The Morgan fingerprint density at radius 1 is 1.27 bits per heavy atom. The molecule has 0 aliphatic rings. The first-order chi connectivity index (χ1) is 10.5. The number of nitrogens with zero attached hydrogens (tertiary/aromatic N) is 1. The molecule has 0 aliphatic carbocycles. The number of rotatable bonds is 6. The van der Waals surface area contributed by atoms with Crippen LogP contribution in [0.25, 0.3) is 0 Å². The Balaban J connectivity index is 1.90. The highest BCUT2D eigenvalue weighted by molar-refractivity contribution is 5.89. The third kappa shape index (κ3) is 3.72. The van der Waals surface area contributed by atoms with Crippen LogP contribution in [-0.4, -0.2) is 22.1 Å². The molecule has 0 spiro atoms. The lowest BCUT2D eigenvalue weighted by molar-refractivity contribution is -0.121. The first-order valence-electron chi connectivity index (χ1n) is 6.98. The topological polar surface area (TPSA) is 92.4 Å². The molecule has 0 atom stereocenters. The highest BCUT2D eigenvalue weighted by Crippen LogP contribution is 2.13. The predicted molar refractivity (Wildman–Crippen MR) is 79.5 cm³/mol. The van der Waals surface area contributed by atoms with Crippen LogP contribution >= 0.6 is 0 Å². The number of aromatic nitrogens is 1. The van der Waals surface area contributed by atoms with E-state index in [1.54, 1.807) is 31.2 Å². The van der Waals surface area contributed by atoms with Crippen molar-refractivity contribution in [2.45, 2.75) is 33.2 Å². The van der Waals surface area contributed by atoms with Crippen molar-refractivity contribution in [2.75, 3.05) is 0 Å². The fraction of sp³-hybridized carbons (Fsp3) is 0.312. The minimum atomic E-state index is -0.980. The van der Waals surface area contributed by atoms with E-state index < -0.39 is 5.97 Å². The van der Waals surface area contributed by atoms with Gasteiger partial charge >= 0.3 is 5.97 Å². The zero-order valence-electron chi connectivity index (χ0n) is 12.5. The minimum absolute atomic E-state index is 0.139. The summed E-state index contributed by atoms with van der Waals surface area (Å²) >= 11 is 0. The molecule has 1 amide bonds.